The highest BCUT2D eigenvalue weighted by atomic mass is 16.3. The third-order valence-electron chi connectivity index (χ3n) is 12.2. The molecule has 280 valence electrons. The molecule has 0 fully saturated rings. The fraction of sp³-hybridized carbons (Fsp3) is 0. The molecule has 0 saturated heterocycles. The monoisotopic (exact) mass is 763 g/mol. The first-order valence-electron chi connectivity index (χ1n) is 20.6. The van der Waals surface area contributed by atoms with Crippen LogP contribution in [0.15, 0.2) is 229 Å². The Labute approximate surface area is 347 Å². The highest BCUT2D eigenvalue weighted by Gasteiger charge is 2.21. The quantitative estimate of drug-likeness (QED) is 0.157. The second-order valence-corrected chi connectivity index (χ2v) is 15.6. The number of para-hydroxylation sites is 2. The summed E-state index contributed by atoms with van der Waals surface area (Å²) in [6.45, 7) is 0. The van der Waals surface area contributed by atoms with E-state index in [1.165, 1.54) is 70.9 Å². The summed E-state index contributed by atoms with van der Waals surface area (Å²) in [4.78, 5) is 2.34. The molecule has 11 aromatic carbocycles. The number of fused-ring (bicyclic) bond motifs is 9. The van der Waals surface area contributed by atoms with Crippen LogP contribution in [0.3, 0.4) is 0 Å². The predicted octanol–water partition coefficient (Wildman–Crippen LogP) is 16.7. The molecule has 1 aromatic heterocycles. The van der Waals surface area contributed by atoms with Crippen molar-refractivity contribution >= 4 is 82.1 Å². The molecule has 12 aromatic rings. The summed E-state index contributed by atoms with van der Waals surface area (Å²) in [5.74, 6) is 0. The minimum Gasteiger partial charge on any atom is -0.454 e. The Morgan fingerprint density at radius 3 is 1.62 bits per heavy atom. The second kappa shape index (κ2) is 13.9. The lowest BCUT2D eigenvalue weighted by atomic mass is 9.84. The SMILES string of the molecule is c1ccc(-c2c(-c3ccccc3)c3cc(-c4ccc(N(c5ccc6c(ccc7ccccc76)c5)c5cccc6c5oc5ccccc56)cc4)ccc3c3ccccc23)cc1. The lowest BCUT2D eigenvalue weighted by Gasteiger charge is -2.26. The lowest BCUT2D eigenvalue weighted by Crippen LogP contribution is -2.10. The van der Waals surface area contributed by atoms with Gasteiger partial charge in [-0.25, -0.2) is 0 Å². The smallest absolute Gasteiger partial charge is 0.159 e. The van der Waals surface area contributed by atoms with Crippen LogP contribution in [-0.4, -0.2) is 0 Å². The molecule has 0 N–H and O–H groups in total. The molecule has 0 aliphatic heterocycles. The first kappa shape index (κ1) is 34.1. The van der Waals surface area contributed by atoms with Crippen molar-refractivity contribution in [3.05, 3.63) is 224 Å². The van der Waals surface area contributed by atoms with E-state index < -0.39 is 0 Å². The predicted molar refractivity (Wildman–Crippen MR) is 255 cm³/mol. The molecule has 2 nitrogen and oxygen atoms in total. The van der Waals surface area contributed by atoms with Gasteiger partial charge in [0.2, 0.25) is 0 Å². The van der Waals surface area contributed by atoms with Gasteiger partial charge in [-0.1, -0.05) is 182 Å². The van der Waals surface area contributed by atoms with E-state index in [2.05, 4.69) is 223 Å². The molecule has 0 unspecified atom stereocenters. The Morgan fingerprint density at radius 1 is 0.283 bits per heavy atom. The molecule has 0 bridgehead atoms. The summed E-state index contributed by atoms with van der Waals surface area (Å²) in [5.41, 5.74) is 12.1. The molecule has 60 heavy (non-hydrogen) atoms. The van der Waals surface area contributed by atoms with Crippen LogP contribution in [0.25, 0.3) is 98.4 Å². The number of anilines is 3. The number of rotatable bonds is 6. The Balaban J connectivity index is 1.04. The number of benzene rings is 11. The standard InChI is InChI=1S/C58H37NO/c1-3-15-40(16-4-1)56-51-22-10-9-20-48(51)49-34-30-42(37-53(49)57(56)41-17-5-2-6-18-41)38-28-31-44(32-29-38)59(54-24-13-23-52-50-21-11-12-25-55(50)60-58(52)54)45-33-35-47-43(36-45)27-26-39-14-7-8-19-46(39)47/h1-37H. The summed E-state index contributed by atoms with van der Waals surface area (Å²) in [6.07, 6.45) is 0. The van der Waals surface area contributed by atoms with Crippen LogP contribution >= 0.6 is 0 Å². The number of nitrogens with zero attached hydrogens (tertiary/aromatic N) is 1. The molecule has 2 heteroatoms. The van der Waals surface area contributed by atoms with Gasteiger partial charge in [0.15, 0.2) is 5.58 Å². The summed E-state index contributed by atoms with van der Waals surface area (Å²) in [5, 5.41) is 12.1. The van der Waals surface area contributed by atoms with Crippen molar-refractivity contribution in [2.45, 2.75) is 0 Å². The van der Waals surface area contributed by atoms with Crippen molar-refractivity contribution < 1.29 is 4.42 Å². The van der Waals surface area contributed by atoms with Crippen molar-refractivity contribution in [1.82, 2.24) is 0 Å². The largest absolute Gasteiger partial charge is 0.454 e. The Morgan fingerprint density at radius 2 is 0.833 bits per heavy atom. The lowest BCUT2D eigenvalue weighted by molar-refractivity contribution is 0.669. The molecular formula is C58H37NO. The van der Waals surface area contributed by atoms with Gasteiger partial charge in [-0.05, 0) is 119 Å². The van der Waals surface area contributed by atoms with E-state index in [1.807, 2.05) is 6.07 Å². The molecule has 0 aliphatic carbocycles. The van der Waals surface area contributed by atoms with Gasteiger partial charge in [0, 0.05) is 22.1 Å². The summed E-state index contributed by atoms with van der Waals surface area (Å²) in [6, 6.07) is 81.2. The molecule has 0 amide bonds. The zero-order valence-corrected chi connectivity index (χ0v) is 32.7. The van der Waals surface area contributed by atoms with Gasteiger partial charge < -0.3 is 9.32 Å². The van der Waals surface area contributed by atoms with Gasteiger partial charge in [0.05, 0.1) is 5.69 Å². The third kappa shape index (κ3) is 5.50. The van der Waals surface area contributed by atoms with Crippen LogP contribution in [0, 0.1) is 0 Å². The first-order valence-corrected chi connectivity index (χ1v) is 20.6. The van der Waals surface area contributed by atoms with Crippen molar-refractivity contribution in [2.75, 3.05) is 4.90 Å². The summed E-state index contributed by atoms with van der Waals surface area (Å²) >= 11 is 0. The van der Waals surface area contributed by atoms with Gasteiger partial charge in [0.1, 0.15) is 5.58 Å². The molecule has 0 radical (unpaired) electrons. The molecule has 1 heterocycles. The maximum absolute atomic E-state index is 6.66. The fourth-order valence-corrected chi connectivity index (χ4v) is 9.46. The van der Waals surface area contributed by atoms with E-state index in [1.54, 1.807) is 0 Å². The van der Waals surface area contributed by atoms with E-state index >= 15 is 0 Å². The van der Waals surface area contributed by atoms with Crippen LogP contribution in [0.4, 0.5) is 17.1 Å². The minimum absolute atomic E-state index is 0.866. The van der Waals surface area contributed by atoms with Crippen molar-refractivity contribution in [2.24, 2.45) is 0 Å². The van der Waals surface area contributed by atoms with Crippen molar-refractivity contribution in [3.8, 4) is 33.4 Å². The number of hydrogen-bond acceptors (Lipinski definition) is 2. The maximum atomic E-state index is 6.66. The number of furan rings is 1. The van der Waals surface area contributed by atoms with Gasteiger partial charge >= 0.3 is 0 Å². The van der Waals surface area contributed by atoms with E-state index in [9.17, 15) is 0 Å². The van der Waals surface area contributed by atoms with Crippen LogP contribution in [-0.2, 0) is 0 Å². The van der Waals surface area contributed by atoms with Crippen molar-refractivity contribution in [1.29, 1.82) is 0 Å². The normalized spacial score (nSPS) is 11.7. The molecular weight excluding hydrogens is 727 g/mol. The summed E-state index contributed by atoms with van der Waals surface area (Å²) in [7, 11) is 0. The average molecular weight is 764 g/mol. The highest BCUT2D eigenvalue weighted by molar-refractivity contribution is 6.22. The van der Waals surface area contributed by atoms with Crippen LogP contribution < -0.4 is 4.90 Å². The summed E-state index contributed by atoms with van der Waals surface area (Å²) < 4.78 is 6.66. The molecule has 0 aliphatic rings. The molecule has 12 rings (SSSR count). The topological polar surface area (TPSA) is 16.4 Å². The van der Waals surface area contributed by atoms with E-state index in [0.717, 1.165) is 44.6 Å². The Bertz CT molecular complexity index is 3590. The Kier molecular flexibility index (Phi) is 7.89. The molecule has 0 saturated carbocycles. The van der Waals surface area contributed by atoms with E-state index in [-0.39, 0.29) is 0 Å². The number of hydrogen-bond donors (Lipinski definition) is 0. The third-order valence-corrected chi connectivity index (χ3v) is 12.2. The van der Waals surface area contributed by atoms with E-state index in [4.69, 9.17) is 4.42 Å². The zero-order chi connectivity index (χ0) is 39.6. The van der Waals surface area contributed by atoms with Crippen LogP contribution in [0.2, 0.25) is 0 Å². The van der Waals surface area contributed by atoms with Gasteiger partial charge in [-0.2, -0.15) is 0 Å². The zero-order valence-electron chi connectivity index (χ0n) is 32.7. The van der Waals surface area contributed by atoms with Crippen LogP contribution in [0.1, 0.15) is 0 Å². The van der Waals surface area contributed by atoms with Gasteiger partial charge in [-0.15, -0.1) is 0 Å². The molecule has 0 spiro atoms. The Hall–Kier alpha value is -7.94. The van der Waals surface area contributed by atoms with Crippen molar-refractivity contribution in [3.63, 3.8) is 0 Å². The maximum Gasteiger partial charge on any atom is 0.159 e. The van der Waals surface area contributed by atoms with E-state index in [0.29, 0.717) is 0 Å². The minimum atomic E-state index is 0.866. The van der Waals surface area contributed by atoms with Crippen LogP contribution in [0.5, 0.6) is 0 Å². The van der Waals surface area contributed by atoms with Gasteiger partial charge in [-0.3, -0.25) is 0 Å². The average Bonchev–Trinajstić information content (AvgIpc) is 3.71. The fourth-order valence-electron chi connectivity index (χ4n) is 9.46. The highest BCUT2D eigenvalue weighted by Crippen LogP contribution is 2.47. The van der Waals surface area contributed by atoms with Gasteiger partial charge in [0.25, 0.3) is 0 Å². The first-order chi connectivity index (χ1) is 29.8. The second-order valence-electron chi connectivity index (χ2n) is 15.6. The molecule has 0 atom stereocenters.